The Kier molecular flexibility index (Phi) is 2.48. The van der Waals surface area contributed by atoms with E-state index < -0.39 is 0 Å². The summed E-state index contributed by atoms with van der Waals surface area (Å²) in [5.41, 5.74) is 3.59. The zero-order chi connectivity index (χ0) is 14.4. The fourth-order valence-corrected chi connectivity index (χ4v) is 2.68. The van der Waals surface area contributed by atoms with Crippen molar-refractivity contribution in [3.05, 3.63) is 70.5 Å². The lowest BCUT2D eigenvalue weighted by molar-refractivity contribution is 0.619. The smallest absolute Gasteiger partial charge is 0.193 e. The Balaban J connectivity index is 2.03. The van der Waals surface area contributed by atoms with E-state index in [0.29, 0.717) is 16.7 Å². The van der Waals surface area contributed by atoms with Crippen molar-refractivity contribution in [2.24, 2.45) is 0 Å². The third kappa shape index (κ3) is 1.86. The van der Waals surface area contributed by atoms with Crippen LogP contribution in [0, 0.1) is 6.92 Å². The lowest BCUT2D eigenvalue weighted by Crippen LogP contribution is -2.00. The molecule has 0 radical (unpaired) electrons. The molecule has 3 nitrogen and oxygen atoms in total. The highest BCUT2D eigenvalue weighted by Gasteiger charge is 2.11. The summed E-state index contributed by atoms with van der Waals surface area (Å²) in [6.07, 6.45) is 1.88. The van der Waals surface area contributed by atoms with E-state index >= 15 is 0 Å². The van der Waals surface area contributed by atoms with Crippen LogP contribution in [0.2, 0.25) is 0 Å². The molecule has 0 spiro atoms. The van der Waals surface area contributed by atoms with Crippen molar-refractivity contribution in [1.82, 2.24) is 4.98 Å². The van der Waals surface area contributed by atoms with E-state index in [4.69, 9.17) is 4.42 Å². The topological polar surface area (TPSA) is 46.0 Å². The summed E-state index contributed by atoms with van der Waals surface area (Å²) in [6, 6.07) is 15.2. The minimum Gasteiger partial charge on any atom is -0.456 e. The van der Waals surface area contributed by atoms with Gasteiger partial charge in [-0.15, -0.1) is 0 Å². The number of rotatable bonds is 1. The maximum Gasteiger partial charge on any atom is 0.193 e. The molecule has 4 rings (SSSR count). The first-order valence-corrected chi connectivity index (χ1v) is 6.83. The standard InChI is InChI=1S/C18H13NO2/c1-11-6-7-17-13(8-11)16(20)9-18(21-17)14-10-19-15-5-3-2-4-12(14)15/h2-10,19H,1H3. The van der Waals surface area contributed by atoms with Gasteiger partial charge in [0.2, 0.25) is 0 Å². The van der Waals surface area contributed by atoms with Crippen LogP contribution in [0.5, 0.6) is 0 Å². The molecule has 0 saturated heterocycles. The maximum atomic E-state index is 12.3. The Bertz CT molecular complexity index is 1020. The van der Waals surface area contributed by atoms with Crippen molar-refractivity contribution < 1.29 is 4.42 Å². The van der Waals surface area contributed by atoms with Crippen LogP contribution in [0.25, 0.3) is 33.2 Å². The van der Waals surface area contributed by atoms with Crippen LogP contribution in [-0.2, 0) is 0 Å². The highest BCUT2D eigenvalue weighted by atomic mass is 16.3. The van der Waals surface area contributed by atoms with Crippen molar-refractivity contribution in [3.8, 4) is 11.3 Å². The van der Waals surface area contributed by atoms with Crippen LogP contribution in [0.3, 0.4) is 0 Å². The molecule has 0 fully saturated rings. The van der Waals surface area contributed by atoms with Gasteiger partial charge in [0.1, 0.15) is 11.3 Å². The number of hydrogen-bond acceptors (Lipinski definition) is 2. The van der Waals surface area contributed by atoms with Gasteiger partial charge in [-0.2, -0.15) is 0 Å². The van der Waals surface area contributed by atoms with Gasteiger partial charge in [-0.1, -0.05) is 29.8 Å². The highest BCUT2D eigenvalue weighted by molar-refractivity contribution is 5.94. The number of H-pyrrole nitrogens is 1. The average molecular weight is 275 g/mol. The van der Waals surface area contributed by atoms with Gasteiger partial charge in [-0.3, -0.25) is 4.79 Å². The number of para-hydroxylation sites is 1. The summed E-state index contributed by atoms with van der Waals surface area (Å²) in [5, 5.41) is 1.67. The molecule has 2 heterocycles. The van der Waals surface area contributed by atoms with E-state index in [1.165, 1.54) is 0 Å². The normalized spacial score (nSPS) is 11.3. The second kappa shape index (κ2) is 4.35. The number of aromatic amines is 1. The molecule has 0 aliphatic rings. The minimum atomic E-state index is -0.0137. The van der Waals surface area contributed by atoms with Crippen LogP contribution in [0.15, 0.2) is 63.9 Å². The Morgan fingerprint density at radius 3 is 2.76 bits per heavy atom. The van der Waals surface area contributed by atoms with Gasteiger partial charge >= 0.3 is 0 Å². The van der Waals surface area contributed by atoms with E-state index in [9.17, 15) is 4.79 Å². The summed E-state index contributed by atoms with van der Waals surface area (Å²) >= 11 is 0. The second-order valence-corrected chi connectivity index (χ2v) is 5.22. The molecule has 0 amide bonds. The first-order chi connectivity index (χ1) is 10.2. The van der Waals surface area contributed by atoms with Crippen LogP contribution in [0.4, 0.5) is 0 Å². The highest BCUT2D eigenvalue weighted by Crippen LogP contribution is 2.29. The van der Waals surface area contributed by atoms with Gasteiger partial charge in [0.05, 0.1) is 5.39 Å². The molecular weight excluding hydrogens is 262 g/mol. The number of aromatic nitrogens is 1. The van der Waals surface area contributed by atoms with Crippen LogP contribution >= 0.6 is 0 Å². The van der Waals surface area contributed by atoms with E-state index in [1.807, 2.05) is 55.6 Å². The van der Waals surface area contributed by atoms with Gasteiger partial charge in [0.15, 0.2) is 5.43 Å². The molecule has 21 heavy (non-hydrogen) atoms. The van der Waals surface area contributed by atoms with Crippen molar-refractivity contribution >= 4 is 21.9 Å². The quantitative estimate of drug-likeness (QED) is 0.564. The Morgan fingerprint density at radius 2 is 1.86 bits per heavy atom. The molecule has 0 saturated carbocycles. The second-order valence-electron chi connectivity index (χ2n) is 5.22. The van der Waals surface area contributed by atoms with E-state index in [-0.39, 0.29) is 5.43 Å². The van der Waals surface area contributed by atoms with Gasteiger partial charge in [-0.05, 0) is 25.1 Å². The van der Waals surface area contributed by atoms with E-state index in [1.54, 1.807) is 6.07 Å². The van der Waals surface area contributed by atoms with Crippen LogP contribution in [0.1, 0.15) is 5.56 Å². The number of aryl methyl sites for hydroxylation is 1. The predicted molar refractivity (Wildman–Crippen MR) is 84.5 cm³/mol. The molecule has 2 aromatic heterocycles. The third-order valence-corrected chi connectivity index (χ3v) is 3.74. The molecule has 4 aromatic rings. The number of hydrogen-bond donors (Lipinski definition) is 1. The zero-order valence-electron chi connectivity index (χ0n) is 11.5. The molecule has 0 aliphatic heterocycles. The first-order valence-electron chi connectivity index (χ1n) is 6.83. The fraction of sp³-hybridized carbons (Fsp3) is 0.0556. The fourth-order valence-electron chi connectivity index (χ4n) is 2.68. The Hall–Kier alpha value is -2.81. The first kappa shape index (κ1) is 12.0. The molecule has 0 bridgehead atoms. The number of benzene rings is 2. The predicted octanol–water partition coefficient (Wildman–Crippen LogP) is 4.25. The molecule has 3 heteroatoms. The SMILES string of the molecule is Cc1ccc2oc(-c3c[nH]c4ccccc34)cc(=O)c2c1. The monoisotopic (exact) mass is 275 g/mol. The summed E-state index contributed by atoms with van der Waals surface area (Å²) < 4.78 is 5.93. The molecule has 0 aliphatic carbocycles. The maximum absolute atomic E-state index is 12.3. The van der Waals surface area contributed by atoms with Crippen molar-refractivity contribution in [1.29, 1.82) is 0 Å². The summed E-state index contributed by atoms with van der Waals surface area (Å²) in [6.45, 7) is 1.96. The van der Waals surface area contributed by atoms with E-state index in [2.05, 4.69) is 4.98 Å². The summed E-state index contributed by atoms with van der Waals surface area (Å²) in [4.78, 5) is 15.5. The van der Waals surface area contributed by atoms with Crippen molar-refractivity contribution in [2.75, 3.05) is 0 Å². The van der Waals surface area contributed by atoms with Crippen molar-refractivity contribution in [2.45, 2.75) is 6.92 Å². The average Bonchev–Trinajstić information content (AvgIpc) is 2.92. The molecule has 102 valence electrons. The zero-order valence-corrected chi connectivity index (χ0v) is 11.5. The molecule has 0 unspecified atom stereocenters. The number of nitrogens with one attached hydrogen (secondary N) is 1. The Morgan fingerprint density at radius 1 is 1.00 bits per heavy atom. The lowest BCUT2D eigenvalue weighted by Gasteiger charge is -2.03. The van der Waals surface area contributed by atoms with Gasteiger partial charge < -0.3 is 9.40 Å². The lowest BCUT2D eigenvalue weighted by atomic mass is 10.1. The van der Waals surface area contributed by atoms with E-state index in [0.717, 1.165) is 22.0 Å². The van der Waals surface area contributed by atoms with Gasteiger partial charge in [0.25, 0.3) is 0 Å². The summed E-state index contributed by atoms with van der Waals surface area (Å²) in [7, 11) is 0. The third-order valence-electron chi connectivity index (χ3n) is 3.74. The molecule has 0 atom stereocenters. The van der Waals surface area contributed by atoms with Crippen molar-refractivity contribution in [3.63, 3.8) is 0 Å². The molecule has 2 aromatic carbocycles. The number of fused-ring (bicyclic) bond motifs is 2. The van der Waals surface area contributed by atoms with Crippen LogP contribution in [-0.4, -0.2) is 4.98 Å². The minimum absolute atomic E-state index is 0.0137. The summed E-state index contributed by atoms with van der Waals surface area (Å²) in [5.74, 6) is 0.591. The molecular formula is C18H13NO2. The Labute approximate surface area is 120 Å². The van der Waals surface area contributed by atoms with Gasteiger partial charge in [-0.25, -0.2) is 0 Å². The largest absolute Gasteiger partial charge is 0.456 e. The van der Waals surface area contributed by atoms with Crippen LogP contribution < -0.4 is 5.43 Å². The van der Waals surface area contributed by atoms with Gasteiger partial charge in [0, 0.05) is 28.7 Å². The molecule has 1 N–H and O–H groups in total.